The van der Waals surface area contributed by atoms with Crippen LogP contribution in [0.1, 0.15) is 5.56 Å². The fourth-order valence-corrected chi connectivity index (χ4v) is 0.829. The largest absolute Gasteiger partial charge is 0.264 e. The van der Waals surface area contributed by atoms with Gasteiger partial charge in [-0.15, -0.1) is 0 Å². The lowest BCUT2D eigenvalue weighted by Crippen LogP contribution is -2.08. The van der Waals surface area contributed by atoms with Crippen LogP contribution in [-0.2, 0) is 0 Å². The number of hydrogen-bond acceptors (Lipinski definition) is 2. The Bertz CT molecular complexity index is 269. The van der Waals surface area contributed by atoms with Crippen LogP contribution in [0.3, 0.4) is 0 Å². The van der Waals surface area contributed by atoms with Crippen LogP contribution in [0, 0.1) is 11.3 Å². The van der Waals surface area contributed by atoms with Gasteiger partial charge in [0.1, 0.15) is 6.07 Å². The van der Waals surface area contributed by atoms with Gasteiger partial charge in [-0.1, -0.05) is 5.46 Å². The average Bonchev–Trinajstić information content (AvgIpc) is 2.05. The van der Waals surface area contributed by atoms with Gasteiger partial charge in [0.05, 0.1) is 5.56 Å². The van der Waals surface area contributed by atoms with Crippen LogP contribution in [0.2, 0.25) is 0 Å². The molecule has 0 bridgehead atoms. The quantitative estimate of drug-likeness (QED) is 0.613. The van der Waals surface area contributed by atoms with Gasteiger partial charge in [-0.2, -0.15) is 21.0 Å². The van der Waals surface area contributed by atoms with E-state index in [1.165, 1.54) is 6.20 Å². The van der Waals surface area contributed by atoms with E-state index in [9.17, 15) is 0 Å². The van der Waals surface area contributed by atoms with Crippen molar-refractivity contribution in [3.05, 3.63) is 24.0 Å². The molecule has 0 saturated heterocycles. The molecule has 1 aromatic heterocycles. The first-order valence-electron chi connectivity index (χ1n) is 2.65. The lowest BCUT2D eigenvalue weighted by atomic mass is 9.97. The van der Waals surface area contributed by atoms with Crippen molar-refractivity contribution >= 4 is 27.3 Å². The molecule has 0 N–H and O–H groups in total. The van der Waals surface area contributed by atoms with Crippen LogP contribution in [0.15, 0.2) is 18.5 Å². The molecule has 10 heavy (non-hydrogen) atoms. The van der Waals surface area contributed by atoms with E-state index in [0.29, 0.717) is 5.56 Å². The van der Waals surface area contributed by atoms with Gasteiger partial charge in [-0.25, -0.2) is 0 Å². The van der Waals surface area contributed by atoms with Gasteiger partial charge < -0.3 is 0 Å². The smallest absolute Gasteiger partial charge is 0.245 e. The van der Waals surface area contributed by atoms with Gasteiger partial charge in [0.25, 0.3) is 0 Å². The van der Waals surface area contributed by atoms with Crippen LogP contribution in [0.25, 0.3) is 0 Å². The molecule has 0 unspecified atom stereocenters. The summed E-state index contributed by atoms with van der Waals surface area (Å²) in [7, 11) is 0. The average molecular weight is 194 g/mol. The van der Waals surface area contributed by atoms with E-state index in [0.717, 1.165) is 5.46 Å². The van der Waals surface area contributed by atoms with Crippen molar-refractivity contribution in [3.8, 4) is 6.07 Å². The monoisotopic (exact) mass is 193 g/mol. The minimum Gasteiger partial charge on any atom is -0.264 e. The van der Waals surface area contributed by atoms with Crippen molar-refractivity contribution in [2.75, 3.05) is 0 Å². The van der Waals surface area contributed by atoms with Crippen LogP contribution in [0.5, 0.6) is 0 Å². The molecule has 0 aliphatic rings. The summed E-state index contributed by atoms with van der Waals surface area (Å²) in [5.74, 6) is 0. The van der Waals surface area contributed by atoms with E-state index < -0.39 is 0 Å². The summed E-state index contributed by atoms with van der Waals surface area (Å²) < 4.78 is 0. The number of halogens is 1. The van der Waals surface area contributed by atoms with E-state index in [2.05, 4.69) is 20.7 Å². The standard InChI is InChI=1S/C6H3BBrN2/c8-7-6-1-5(2-9)3-10-4-6/h1,3-4H. The summed E-state index contributed by atoms with van der Waals surface area (Å²) in [4.78, 5) is 3.84. The molecule has 0 aromatic carbocycles. The highest BCUT2D eigenvalue weighted by Crippen LogP contribution is 1.90. The third kappa shape index (κ3) is 1.58. The zero-order chi connectivity index (χ0) is 7.40. The van der Waals surface area contributed by atoms with Crippen molar-refractivity contribution in [1.82, 2.24) is 4.98 Å². The molecule has 1 aromatic rings. The number of pyridine rings is 1. The molecule has 0 amide bonds. The molecule has 1 heterocycles. The first-order chi connectivity index (χ1) is 4.86. The van der Waals surface area contributed by atoms with Gasteiger partial charge in [0.15, 0.2) is 0 Å². The van der Waals surface area contributed by atoms with E-state index >= 15 is 0 Å². The number of nitrogens with zero attached hydrogens (tertiary/aromatic N) is 2. The first-order valence-corrected chi connectivity index (χ1v) is 3.57. The maximum absolute atomic E-state index is 8.44. The second-order valence-corrected chi connectivity index (χ2v) is 2.19. The molecular weight excluding hydrogens is 191 g/mol. The summed E-state index contributed by atoms with van der Waals surface area (Å²) >= 11 is 3.15. The Morgan fingerprint density at radius 2 is 2.40 bits per heavy atom. The van der Waals surface area contributed by atoms with Crippen molar-refractivity contribution < 1.29 is 0 Å². The van der Waals surface area contributed by atoms with E-state index in [-0.39, 0.29) is 0 Å². The van der Waals surface area contributed by atoms with Crippen molar-refractivity contribution in [2.45, 2.75) is 0 Å². The van der Waals surface area contributed by atoms with Crippen LogP contribution in [0.4, 0.5) is 0 Å². The Kier molecular flexibility index (Phi) is 2.46. The molecular formula is C6H3BBrN2. The lowest BCUT2D eigenvalue weighted by Gasteiger charge is -1.90. The highest BCUT2D eigenvalue weighted by Gasteiger charge is 1.93. The molecule has 0 spiro atoms. The van der Waals surface area contributed by atoms with Crippen LogP contribution in [-0.4, -0.2) is 11.1 Å². The molecule has 0 atom stereocenters. The van der Waals surface area contributed by atoms with Gasteiger partial charge in [0, 0.05) is 12.4 Å². The van der Waals surface area contributed by atoms with Crippen molar-refractivity contribution in [2.24, 2.45) is 0 Å². The van der Waals surface area contributed by atoms with Gasteiger partial charge in [-0.05, 0) is 6.07 Å². The summed E-state index contributed by atoms with van der Waals surface area (Å²) in [5.41, 5.74) is 1.48. The Balaban J connectivity index is 3.01. The molecule has 4 heteroatoms. The second kappa shape index (κ2) is 3.38. The molecule has 2 nitrogen and oxygen atoms in total. The summed E-state index contributed by atoms with van der Waals surface area (Å²) in [5, 5.41) is 8.44. The van der Waals surface area contributed by atoms with Gasteiger partial charge >= 0.3 is 0 Å². The zero-order valence-corrected chi connectivity index (χ0v) is 6.67. The van der Waals surface area contributed by atoms with E-state index in [1.54, 1.807) is 18.4 Å². The Labute approximate surface area is 68.1 Å². The number of aromatic nitrogens is 1. The van der Waals surface area contributed by atoms with Crippen LogP contribution < -0.4 is 5.46 Å². The summed E-state index contributed by atoms with van der Waals surface area (Å²) in [6.07, 6.45) is 4.93. The van der Waals surface area contributed by atoms with Crippen LogP contribution >= 0.6 is 15.8 Å². The highest BCUT2D eigenvalue weighted by molar-refractivity contribution is 9.23. The number of rotatable bonds is 1. The van der Waals surface area contributed by atoms with Gasteiger partial charge in [-0.3, -0.25) is 4.98 Å². The predicted molar refractivity (Wildman–Crippen MR) is 43.3 cm³/mol. The normalized spacial score (nSPS) is 8.40. The minimum atomic E-state index is 0.577. The van der Waals surface area contributed by atoms with E-state index in [4.69, 9.17) is 5.26 Å². The Hall–Kier alpha value is -0.815. The Morgan fingerprint density at radius 3 is 3.00 bits per heavy atom. The first kappa shape index (κ1) is 7.29. The molecule has 1 rings (SSSR count). The Morgan fingerprint density at radius 1 is 1.60 bits per heavy atom. The third-order valence-corrected chi connectivity index (χ3v) is 1.54. The van der Waals surface area contributed by atoms with Crippen molar-refractivity contribution in [1.29, 1.82) is 5.26 Å². The molecule has 1 radical (unpaired) electrons. The molecule has 47 valence electrons. The molecule has 0 saturated carbocycles. The molecule has 0 aliphatic heterocycles. The van der Waals surface area contributed by atoms with E-state index in [1.807, 2.05) is 6.07 Å². The van der Waals surface area contributed by atoms with Crippen molar-refractivity contribution in [3.63, 3.8) is 0 Å². The number of nitriles is 1. The SMILES string of the molecule is N#Cc1cncc([B]Br)c1. The summed E-state index contributed by atoms with van der Waals surface area (Å²) in [6, 6.07) is 3.75. The minimum absolute atomic E-state index is 0.577. The molecule has 0 fully saturated rings. The maximum atomic E-state index is 8.44. The highest BCUT2D eigenvalue weighted by atomic mass is 79.9. The third-order valence-electron chi connectivity index (χ3n) is 1.01. The number of hydrogen-bond donors (Lipinski definition) is 0. The fourth-order valence-electron chi connectivity index (χ4n) is 0.579. The summed E-state index contributed by atoms with van der Waals surface area (Å²) in [6.45, 7) is 0. The lowest BCUT2D eigenvalue weighted by molar-refractivity contribution is 1.32. The topological polar surface area (TPSA) is 36.7 Å². The van der Waals surface area contributed by atoms with Gasteiger partial charge in [0.2, 0.25) is 6.10 Å². The second-order valence-electron chi connectivity index (χ2n) is 1.73. The predicted octanol–water partition coefficient (Wildman–Crippen LogP) is 0.593. The zero-order valence-electron chi connectivity index (χ0n) is 5.08. The fraction of sp³-hybridized carbons (Fsp3) is 0. The maximum Gasteiger partial charge on any atom is 0.245 e. The molecule has 0 aliphatic carbocycles.